The number of hydrogen-bond donors (Lipinski definition) is 3. The number of rotatable bonds is 4. The van der Waals surface area contributed by atoms with Crippen LogP contribution in [0.1, 0.15) is 13.3 Å². The van der Waals surface area contributed by atoms with Crippen LogP contribution in [0.3, 0.4) is 0 Å². The summed E-state index contributed by atoms with van der Waals surface area (Å²) in [6.45, 7) is 8.46. The Bertz CT molecular complexity index is 554. The maximum absolute atomic E-state index is 11.6. The average Bonchev–Trinajstić information content (AvgIpc) is 2.68. The van der Waals surface area contributed by atoms with Crippen molar-refractivity contribution in [2.75, 3.05) is 19.5 Å². The van der Waals surface area contributed by atoms with E-state index in [2.05, 4.69) is 31.5 Å². The normalized spacial score (nSPS) is 33.0. The van der Waals surface area contributed by atoms with Crippen molar-refractivity contribution in [2.24, 2.45) is 0 Å². The summed E-state index contributed by atoms with van der Waals surface area (Å²) in [5.41, 5.74) is 0.492. The smallest absolute Gasteiger partial charge is 0.253 e. The number of aliphatic hydroxyl groups excluding tert-OH is 2. The van der Waals surface area contributed by atoms with E-state index < -0.39 is 31.4 Å². The fraction of sp³-hybridized carbons (Fsp3) is 0.600. The second kappa shape index (κ2) is 6.20. The molecule has 2 aliphatic rings. The van der Waals surface area contributed by atoms with Crippen LogP contribution in [0.5, 0.6) is 0 Å². The standard InChI is InChI=1S/C15H25N2O4P/c1-9-8-17(10(2)16-14(9)20)15-13(19)12(18)11(21-15)6-7-22(3,4)5/h8,11-13,15,18-19H,2-3,6-7H2,1,4-5H3,(H,16,20)/t11?,12-,13-,15-/m1/s1. The molecule has 7 heteroatoms. The van der Waals surface area contributed by atoms with Gasteiger partial charge in [0, 0.05) is 11.8 Å². The van der Waals surface area contributed by atoms with Crippen LogP contribution in [0.25, 0.3) is 0 Å². The highest BCUT2D eigenvalue weighted by molar-refractivity contribution is 7.72. The maximum Gasteiger partial charge on any atom is 0.253 e. The van der Waals surface area contributed by atoms with E-state index in [0.29, 0.717) is 17.8 Å². The lowest BCUT2D eigenvalue weighted by Gasteiger charge is -2.34. The fourth-order valence-corrected chi connectivity index (χ4v) is 3.49. The monoisotopic (exact) mass is 328 g/mol. The van der Waals surface area contributed by atoms with E-state index in [4.69, 9.17) is 4.74 Å². The van der Waals surface area contributed by atoms with Gasteiger partial charge < -0.3 is 25.2 Å². The van der Waals surface area contributed by atoms with Crippen LogP contribution in [0.2, 0.25) is 0 Å². The highest BCUT2D eigenvalue weighted by Gasteiger charge is 2.46. The molecule has 0 aromatic carbocycles. The Labute approximate surface area is 131 Å². The molecule has 2 rings (SSSR count). The van der Waals surface area contributed by atoms with Crippen molar-refractivity contribution in [3.63, 3.8) is 0 Å². The van der Waals surface area contributed by atoms with Crippen molar-refractivity contribution in [1.29, 1.82) is 0 Å². The first-order valence-corrected chi connectivity index (χ1v) is 10.3. The SMILES string of the molecule is C=C1NC(=O)C(C)=CN1[C@@H]1OC(CCP(=C)(C)C)[C@@H](O)[C@H]1O. The predicted molar refractivity (Wildman–Crippen MR) is 88.9 cm³/mol. The van der Waals surface area contributed by atoms with Crippen molar-refractivity contribution >= 4 is 19.1 Å². The lowest BCUT2D eigenvalue weighted by Crippen LogP contribution is -2.47. The Kier molecular flexibility index (Phi) is 4.87. The Balaban J connectivity index is 2.11. The molecule has 1 amide bonds. The zero-order valence-corrected chi connectivity index (χ0v) is 14.2. The first-order chi connectivity index (χ1) is 10.1. The van der Waals surface area contributed by atoms with Gasteiger partial charge in [-0.15, -0.1) is 13.2 Å². The lowest BCUT2D eigenvalue weighted by atomic mass is 10.1. The molecule has 3 N–H and O–H groups in total. The first-order valence-electron chi connectivity index (χ1n) is 7.26. The molecule has 0 spiro atoms. The molecule has 1 saturated heterocycles. The summed E-state index contributed by atoms with van der Waals surface area (Å²) in [5.74, 6) is 0.104. The number of aliphatic hydroxyl groups is 2. The quantitative estimate of drug-likeness (QED) is 0.648. The van der Waals surface area contributed by atoms with E-state index in [-0.39, 0.29) is 5.91 Å². The third kappa shape index (κ3) is 3.63. The van der Waals surface area contributed by atoms with Gasteiger partial charge >= 0.3 is 0 Å². The number of carbonyl (C=O) groups excluding carboxylic acids is 1. The third-order valence-electron chi connectivity index (χ3n) is 3.89. The largest absolute Gasteiger partial charge is 0.388 e. The molecule has 0 radical (unpaired) electrons. The fourth-order valence-electron chi connectivity index (χ4n) is 2.54. The molecule has 0 aromatic heterocycles. The van der Waals surface area contributed by atoms with E-state index in [1.807, 2.05) is 0 Å². The van der Waals surface area contributed by atoms with Crippen LogP contribution in [0.15, 0.2) is 24.2 Å². The van der Waals surface area contributed by atoms with Gasteiger partial charge in [0.15, 0.2) is 6.23 Å². The highest BCUT2D eigenvalue weighted by atomic mass is 31.2. The molecule has 22 heavy (non-hydrogen) atoms. The summed E-state index contributed by atoms with van der Waals surface area (Å²) < 4.78 is 5.83. The highest BCUT2D eigenvalue weighted by Crippen LogP contribution is 2.38. The van der Waals surface area contributed by atoms with E-state index in [0.717, 1.165) is 6.16 Å². The number of nitrogens with zero attached hydrogens (tertiary/aromatic N) is 1. The van der Waals surface area contributed by atoms with Crippen LogP contribution in [-0.4, -0.2) is 71.4 Å². The second-order valence-corrected chi connectivity index (χ2v) is 10.9. The minimum atomic E-state index is -1.22. The molecule has 1 unspecified atom stereocenters. The molecule has 0 bridgehead atoms. The Hall–Kier alpha value is -1.07. The molecular weight excluding hydrogens is 303 g/mol. The van der Waals surface area contributed by atoms with Crippen LogP contribution >= 0.6 is 6.89 Å². The molecular formula is C15H25N2O4P. The summed E-state index contributed by atoms with van der Waals surface area (Å²) in [7, 11) is 0. The summed E-state index contributed by atoms with van der Waals surface area (Å²) in [6, 6.07) is 0. The molecule has 2 heterocycles. The van der Waals surface area contributed by atoms with Crippen LogP contribution in [0, 0.1) is 0 Å². The van der Waals surface area contributed by atoms with Gasteiger partial charge in [-0.1, -0.05) is 6.58 Å². The van der Waals surface area contributed by atoms with Gasteiger partial charge in [-0.2, -0.15) is 0 Å². The van der Waals surface area contributed by atoms with Gasteiger partial charge in [0.25, 0.3) is 5.91 Å². The molecule has 0 aliphatic carbocycles. The van der Waals surface area contributed by atoms with Crippen molar-refractivity contribution < 1.29 is 19.7 Å². The Morgan fingerprint density at radius 3 is 2.64 bits per heavy atom. The summed E-state index contributed by atoms with van der Waals surface area (Å²) in [5, 5.41) is 23.1. The van der Waals surface area contributed by atoms with Crippen LogP contribution in [0.4, 0.5) is 0 Å². The Morgan fingerprint density at radius 2 is 2.05 bits per heavy atom. The molecule has 2 aliphatic heterocycles. The molecule has 6 nitrogen and oxygen atoms in total. The maximum atomic E-state index is 11.6. The zero-order valence-electron chi connectivity index (χ0n) is 13.3. The minimum absolute atomic E-state index is 0.227. The summed E-state index contributed by atoms with van der Waals surface area (Å²) in [4.78, 5) is 13.1. The topological polar surface area (TPSA) is 82.0 Å². The number of hydrogen-bond acceptors (Lipinski definition) is 5. The van der Waals surface area contributed by atoms with Gasteiger partial charge in [0.05, 0.1) is 6.10 Å². The van der Waals surface area contributed by atoms with E-state index in [1.165, 1.54) is 0 Å². The van der Waals surface area contributed by atoms with Gasteiger partial charge in [0.1, 0.15) is 18.0 Å². The van der Waals surface area contributed by atoms with Crippen molar-refractivity contribution in [3.05, 3.63) is 24.2 Å². The van der Waals surface area contributed by atoms with Crippen molar-refractivity contribution in [1.82, 2.24) is 10.2 Å². The molecule has 1 fully saturated rings. The van der Waals surface area contributed by atoms with Gasteiger partial charge in [0.2, 0.25) is 0 Å². The lowest BCUT2D eigenvalue weighted by molar-refractivity contribution is -0.119. The van der Waals surface area contributed by atoms with Crippen molar-refractivity contribution in [2.45, 2.75) is 37.9 Å². The second-order valence-electron chi connectivity index (χ2n) is 6.61. The first kappa shape index (κ1) is 17.3. The molecule has 0 aromatic rings. The van der Waals surface area contributed by atoms with Gasteiger partial charge in [-0.25, -0.2) is 0 Å². The van der Waals surface area contributed by atoms with Crippen molar-refractivity contribution in [3.8, 4) is 0 Å². The summed E-state index contributed by atoms with van der Waals surface area (Å²) >= 11 is 0. The predicted octanol–water partition coefficient (Wildman–Crippen LogP) is 0.339. The summed E-state index contributed by atoms with van der Waals surface area (Å²) in [6.07, 6.45) is 4.03. The molecule has 124 valence electrons. The van der Waals surface area contributed by atoms with E-state index >= 15 is 0 Å². The molecule has 0 saturated carbocycles. The Morgan fingerprint density at radius 1 is 1.41 bits per heavy atom. The number of amides is 1. The number of ether oxygens (including phenoxy) is 1. The van der Waals surface area contributed by atoms with E-state index in [1.54, 1.807) is 18.0 Å². The van der Waals surface area contributed by atoms with E-state index in [9.17, 15) is 15.0 Å². The van der Waals surface area contributed by atoms with Crippen LogP contribution < -0.4 is 5.32 Å². The minimum Gasteiger partial charge on any atom is -0.388 e. The number of carbonyl (C=O) groups is 1. The van der Waals surface area contributed by atoms with Crippen LogP contribution in [-0.2, 0) is 9.53 Å². The average molecular weight is 328 g/mol. The number of nitrogens with one attached hydrogen (secondary N) is 1. The van der Waals surface area contributed by atoms with Gasteiger partial charge in [-0.05, 0) is 32.8 Å². The zero-order chi connectivity index (χ0) is 16.7. The third-order valence-corrected chi connectivity index (χ3v) is 5.36. The molecule has 4 atom stereocenters. The van der Waals surface area contributed by atoms with Gasteiger partial charge in [-0.3, -0.25) is 4.79 Å².